The summed E-state index contributed by atoms with van der Waals surface area (Å²) in [5.74, 6) is 0.603. The average molecular weight is 521 g/mol. The number of aromatic nitrogens is 3. The van der Waals surface area contributed by atoms with E-state index in [0.29, 0.717) is 22.5 Å². The Bertz CT molecular complexity index is 1360. The summed E-state index contributed by atoms with van der Waals surface area (Å²) < 4.78 is 1.94. The van der Waals surface area contributed by atoms with Crippen LogP contribution in [-0.2, 0) is 11.3 Å². The first-order valence-electron chi connectivity index (χ1n) is 11.2. The molecule has 0 bridgehead atoms. The van der Waals surface area contributed by atoms with Gasteiger partial charge < -0.3 is 10.4 Å². The molecule has 0 aliphatic rings. The Morgan fingerprint density at radius 2 is 1.89 bits per heavy atom. The van der Waals surface area contributed by atoms with E-state index < -0.39 is 5.25 Å². The molecule has 8 nitrogen and oxygen atoms in total. The van der Waals surface area contributed by atoms with Gasteiger partial charge in [-0.2, -0.15) is 5.10 Å². The molecule has 0 aliphatic heterocycles. The number of aromatic hydroxyl groups is 1. The maximum Gasteiger partial charge on any atom is 0.253 e. The number of phenols is 1. The van der Waals surface area contributed by atoms with Gasteiger partial charge >= 0.3 is 0 Å². The number of phenolic OH excluding ortho intramolecular Hbond substituents is 1. The number of nitrogens with one attached hydrogen (secondary N) is 2. The van der Waals surface area contributed by atoms with Crippen molar-refractivity contribution < 1.29 is 9.90 Å². The summed E-state index contributed by atoms with van der Waals surface area (Å²) in [6.45, 7) is 4.21. The summed E-state index contributed by atoms with van der Waals surface area (Å²) in [4.78, 5) is 12.7. The number of carbonyl (C=O) groups is 1. The first-order valence-corrected chi connectivity index (χ1v) is 12.4. The van der Waals surface area contributed by atoms with Crippen molar-refractivity contribution in [1.82, 2.24) is 20.2 Å². The Labute approximate surface area is 218 Å². The van der Waals surface area contributed by atoms with E-state index in [9.17, 15) is 9.90 Å². The van der Waals surface area contributed by atoms with Crippen LogP contribution in [0.2, 0.25) is 5.02 Å². The predicted molar refractivity (Wildman–Crippen MR) is 144 cm³/mol. The molecule has 10 heteroatoms. The average Bonchev–Trinajstić information content (AvgIpc) is 3.27. The van der Waals surface area contributed by atoms with E-state index in [1.807, 2.05) is 60.0 Å². The number of amides is 1. The molecule has 1 atom stereocenters. The van der Waals surface area contributed by atoms with Crippen molar-refractivity contribution in [3.05, 3.63) is 94.8 Å². The van der Waals surface area contributed by atoms with E-state index in [0.717, 1.165) is 22.5 Å². The fourth-order valence-corrected chi connectivity index (χ4v) is 4.47. The Balaban J connectivity index is 1.48. The van der Waals surface area contributed by atoms with Crippen molar-refractivity contribution in [3.63, 3.8) is 0 Å². The number of carbonyl (C=O) groups excluding carboxylic acids is 1. The van der Waals surface area contributed by atoms with E-state index in [4.69, 9.17) is 11.6 Å². The second kappa shape index (κ2) is 11.7. The first-order chi connectivity index (χ1) is 17.4. The van der Waals surface area contributed by atoms with Crippen LogP contribution in [0.15, 0.2) is 83.1 Å². The van der Waals surface area contributed by atoms with Crippen LogP contribution in [0.1, 0.15) is 23.9 Å². The van der Waals surface area contributed by atoms with Gasteiger partial charge in [-0.3, -0.25) is 9.36 Å². The standard InChI is InChI=1S/C26H25ClN6O2S/c1-17-14-20(27)10-13-23(17)28-16-24-30-32-26(33(24)21-6-4-3-5-7-21)36-18(2)25(35)31-29-15-19-8-11-22(34)12-9-19/h3-15,18,28,34H,16H2,1-2H3,(H,31,35)/b29-15-/t18-/m0/s1. The number of hydrogen-bond acceptors (Lipinski definition) is 7. The van der Waals surface area contributed by atoms with Gasteiger partial charge in [0.2, 0.25) is 0 Å². The maximum absolute atomic E-state index is 12.7. The highest BCUT2D eigenvalue weighted by Gasteiger charge is 2.21. The van der Waals surface area contributed by atoms with Crippen LogP contribution in [0.25, 0.3) is 5.69 Å². The Kier molecular flexibility index (Phi) is 8.24. The highest BCUT2D eigenvalue weighted by atomic mass is 35.5. The van der Waals surface area contributed by atoms with Gasteiger partial charge in [-0.05, 0) is 79.6 Å². The Morgan fingerprint density at radius 1 is 1.14 bits per heavy atom. The predicted octanol–water partition coefficient (Wildman–Crippen LogP) is 5.18. The number of thioether (sulfide) groups is 1. The molecule has 1 amide bonds. The normalized spacial score (nSPS) is 12.0. The zero-order valence-electron chi connectivity index (χ0n) is 19.7. The smallest absolute Gasteiger partial charge is 0.253 e. The maximum atomic E-state index is 12.7. The molecule has 1 heterocycles. The fraction of sp³-hybridized carbons (Fsp3) is 0.154. The van der Waals surface area contributed by atoms with Crippen LogP contribution in [0.3, 0.4) is 0 Å². The topological polar surface area (TPSA) is 104 Å². The summed E-state index contributed by atoms with van der Waals surface area (Å²) in [7, 11) is 0. The van der Waals surface area contributed by atoms with Crippen molar-refractivity contribution in [3.8, 4) is 11.4 Å². The van der Waals surface area contributed by atoms with Crippen LogP contribution < -0.4 is 10.7 Å². The molecular weight excluding hydrogens is 496 g/mol. The highest BCUT2D eigenvalue weighted by Crippen LogP contribution is 2.27. The summed E-state index contributed by atoms with van der Waals surface area (Å²) in [6.07, 6.45) is 1.52. The molecule has 4 rings (SSSR count). The van der Waals surface area contributed by atoms with Gasteiger partial charge in [0.15, 0.2) is 11.0 Å². The Morgan fingerprint density at radius 3 is 2.61 bits per heavy atom. The molecule has 36 heavy (non-hydrogen) atoms. The van der Waals surface area contributed by atoms with Crippen molar-refractivity contribution in [1.29, 1.82) is 0 Å². The lowest BCUT2D eigenvalue weighted by molar-refractivity contribution is -0.120. The van der Waals surface area contributed by atoms with E-state index in [1.54, 1.807) is 31.2 Å². The van der Waals surface area contributed by atoms with Crippen molar-refractivity contribution in [2.75, 3.05) is 5.32 Å². The number of benzene rings is 3. The SMILES string of the molecule is Cc1cc(Cl)ccc1NCc1nnc(S[C@@H](C)C(=O)N/N=C\c2ccc(O)cc2)n1-c1ccccc1. The quantitative estimate of drug-likeness (QED) is 0.160. The number of hydrazone groups is 1. The van der Waals surface area contributed by atoms with Gasteiger partial charge in [0.1, 0.15) is 5.75 Å². The third-order valence-corrected chi connectivity index (χ3v) is 6.55. The molecule has 0 saturated carbocycles. The molecule has 3 aromatic carbocycles. The van der Waals surface area contributed by atoms with Gasteiger partial charge in [0.25, 0.3) is 5.91 Å². The minimum Gasteiger partial charge on any atom is -0.508 e. The molecule has 0 radical (unpaired) electrons. The van der Waals surface area contributed by atoms with Gasteiger partial charge in [-0.1, -0.05) is 41.6 Å². The molecule has 0 aliphatic carbocycles. The van der Waals surface area contributed by atoms with Gasteiger partial charge in [-0.15, -0.1) is 10.2 Å². The Hall–Kier alpha value is -3.82. The van der Waals surface area contributed by atoms with E-state index in [-0.39, 0.29) is 11.7 Å². The van der Waals surface area contributed by atoms with E-state index in [2.05, 4.69) is 26.0 Å². The molecule has 0 saturated heterocycles. The van der Waals surface area contributed by atoms with Crippen LogP contribution in [0.5, 0.6) is 5.75 Å². The number of halogens is 1. The van der Waals surface area contributed by atoms with Crippen molar-refractivity contribution in [2.45, 2.75) is 30.8 Å². The lowest BCUT2D eigenvalue weighted by Crippen LogP contribution is -2.27. The number of aryl methyl sites for hydroxylation is 1. The van der Waals surface area contributed by atoms with Crippen LogP contribution in [-0.4, -0.2) is 37.2 Å². The van der Waals surface area contributed by atoms with Crippen molar-refractivity contribution >= 4 is 41.2 Å². The molecule has 1 aromatic heterocycles. The number of rotatable bonds is 9. The summed E-state index contributed by atoms with van der Waals surface area (Å²) >= 11 is 7.37. The lowest BCUT2D eigenvalue weighted by atomic mass is 10.2. The minimum absolute atomic E-state index is 0.168. The second-order valence-electron chi connectivity index (χ2n) is 7.97. The third kappa shape index (κ3) is 6.44. The molecule has 3 N–H and O–H groups in total. The van der Waals surface area contributed by atoms with Gasteiger partial charge in [-0.25, -0.2) is 5.43 Å². The molecular formula is C26H25ClN6O2S. The largest absolute Gasteiger partial charge is 0.508 e. The lowest BCUT2D eigenvalue weighted by Gasteiger charge is -2.14. The van der Waals surface area contributed by atoms with Crippen LogP contribution in [0.4, 0.5) is 5.69 Å². The third-order valence-electron chi connectivity index (χ3n) is 5.27. The first kappa shape index (κ1) is 25.3. The highest BCUT2D eigenvalue weighted by molar-refractivity contribution is 8.00. The van der Waals surface area contributed by atoms with E-state index in [1.165, 1.54) is 18.0 Å². The molecule has 184 valence electrons. The number of para-hydroxylation sites is 1. The zero-order chi connectivity index (χ0) is 25.5. The molecule has 4 aromatic rings. The minimum atomic E-state index is -0.479. The molecule has 0 unspecified atom stereocenters. The fourth-order valence-electron chi connectivity index (χ4n) is 3.36. The summed E-state index contributed by atoms with van der Waals surface area (Å²) in [6, 6.07) is 21.9. The van der Waals surface area contributed by atoms with Gasteiger partial charge in [0.05, 0.1) is 18.0 Å². The monoisotopic (exact) mass is 520 g/mol. The van der Waals surface area contributed by atoms with Crippen LogP contribution >= 0.6 is 23.4 Å². The number of nitrogens with zero attached hydrogens (tertiary/aromatic N) is 4. The van der Waals surface area contributed by atoms with Crippen LogP contribution in [0, 0.1) is 6.92 Å². The molecule has 0 fully saturated rings. The van der Waals surface area contributed by atoms with Crippen molar-refractivity contribution in [2.24, 2.45) is 5.10 Å². The zero-order valence-corrected chi connectivity index (χ0v) is 21.3. The van der Waals surface area contributed by atoms with Gasteiger partial charge in [0, 0.05) is 16.4 Å². The van der Waals surface area contributed by atoms with E-state index >= 15 is 0 Å². The second-order valence-corrected chi connectivity index (χ2v) is 9.71. The number of anilines is 1. The summed E-state index contributed by atoms with van der Waals surface area (Å²) in [5.41, 5.74) is 6.19. The number of hydrogen-bond donors (Lipinski definition) is 3. The molecule has 0 spiro atoms. The summed E-state index contributed by atoms with van der Waals surface area (Å²) in [5, 5.41) is 26.3.